The zero-order valence-electron chi connectivity index (χ0n) is 10.8. The van der Waals surface area contributed by atoms with E-state index >= 15 is 0 Å². The summed E-state index contributed by atoms with van der Waals surface area (Å²) >= 11 is 0. The van der Waals surface area contributed by atoms with E-state index < -0.39 is 0 Å². The number of hydrogen-bond donors (Lipinski definition) is 1. The third-order valence-corrected chi connectivity index (χ3v) is 3.00. The second kappa shape index (κ2) is 5.69. The first-order valence-corrected chi connectivity index (χ1v) is 6.08. The van der Waals surface area contributed by atoms with Gasteiger partial charge in [0.05, 0.1) is 13.7 Å². The quantitative estimate of drug-likeness (QED) is 0.877. The first-order valence-electron chi connectivity index (χ1n) is 6.08. The van der Waals surface area contributed by atoms with E-state index in [1.54, 1.807) is 13.3 Å². The normalized spacial score (nSPS) is 10.6. The monoisotopic (exact) mass is 246 g/mol. The molecule has 1 N–H and O–H groups in total. The highest BCUT2D eigenvalue weighted by atomic mass is 16.5. The van der Waals surface area contributed by atoms with E-state index in [9.17, 15) is 0 Å². The average molecular weight is 246 g/mol. The van der Waals surface area contributed by atoms with Crippen molar-refractivity contribution >= 4 is 16.6 Å². The molecule has 0 aliphatic rings. The Labute approximate surface area is 107 Å². The van der Waals surface area contributed by atoms with Gasteiger partial charge in [-0.1, -0.05) is 0 Å². The maximum absolute atomic E-state index is 9.09. The number of anilines is 1. The summed E-state index contributed by atoms with van der Waals surface area (Å²) in [6.07, 6.45) is 1.79. The number of ether oxygens (including phenoxy) is 1. The van der Waals surface area contributed by atoms with Crippen molar-refractivity contribution in [1.82, 2.24) is 4.98 Å². The molecule has 18 heavy (non-hydrogen) atoms. The van der Waals surface area contributed by atoms with Gasteiger partial charge in [0.15, 0.2) is 0 Å². The lowest BCUT2D eigenvalue weighted by atomic mass is 10.1. The Kier molecular flexibility index (Phi) is 3.99. The van der Waals surface area contributed by atoms with Crippen molar-refractivity contribution in [1.29, 1.82) is 0 Å². The second-order valence-corrected chi connectivity index (χ2v) is 4.02. The number of hydrogen-bond acceptors (Lipinski definition) is 4. The van der Waals surface area contributed by atoms with E-state index in [0.29, 0.717) is 6.54 Å². The van der Waals surface area contributed by atoms with E-state index in [4.69, 9.17) is 9.84 Å². The molecular weight excluding hydrogens is 228 g/mol. The highest BCUT2D eigenvalue weighted by Gasteiger charge is 2.09. The van der Waals surface area contributed by atoms with Gasteiger partial charge in [-0.3, -0.25) is 0 Å². The molecule has 0 fully saturated rings. The Balaban J connectivity index is 2.50. The predicted octanol–water partition coefficient (Wildman–Crippen LogP) is 2.06. The van der Waals surface area contributed by atoms with Crippen molar-refractivity contribution in [2.45, 2.75) is 6.92 Å². The number of methoxy groups -OCH3 is 1. The predicted molar refractivity (Wildman–Crippen MR) is 73.3 cm³/mol. The summed E-state index contributed by atoms with van der Waals surface area (Å²) in [5.41, 5.74) is 0. The van der Waals surface area contributed by atoms with Crippen molar-refractivity contribution < 1.29 is 9.84 Å². The number of likely N-dealkylation sites (N-methyl/N-ethyl adjacent to an activating group) is 1. The molecule has 0 spiro atoms. The van der Waals surface area contributed by atoms with Gasteiger partial charge in [-0.05, 0) is 36.6 Å². The Morgan fingerprint density at radius 2 is 2.17 bits per heavy atom. The first kappa shape index (κ1) is 12.6. The number of aromatic nitrogens is 1. The van der Waals surface area contributed by atoms with Gasteiger partial charge >= 0.3 is 0 Å². The Morgan fingerprint density at radius 3 is 2.83 bits per heavy atom. The number of aliphatic hydroxyl groups excluding tert-OH is 1. The molecule has 0 amide bonds. The van der Waals surface area contributed by atoms with Crippen LogP contribution in [0.3, 0.4) is 0 Å². The molecule has 96 valence electrons. The molecule has 4 nitrogen and oxygen atoms in total. The summed E-state index contributed by atoms with van der Waals surface area (Å²) < 4.78 is 5.22. The molecule has 1 heterocycles. The lowest BCUT2D eigenvalue weighted by molar-refractivity contribution is 0.302. The maximum Gasteiger partial charge on any atom is 0.136 e. The molecule has 1 aromatic heterocycles. The molecule has 0 aliphatic heterocycles. The number of pyridine rings is 1. The number of rotatable bonds is 5. The van der Waals surface area contributed by atoms with Gasteiger partial charge in [-0.25, -0.2) is 4.98 Å². The van der Waals surface area contributed by atoms with Gasteiger partial charge in [0.1, 0.15) is 11.6 Å². The fourth-order valence-electron chi connectivity index (χ4n) is 2.05. The Morgan fingerprint density at radius 1 is 1.33 bits per heavy atom. The van der Waals surface area contributed by atoms with Crippen molar-refractivity contribution in [3.63, 3.8) is 0 Å². The Hall–Kier alpha value is -1.81. The van der Waals surface area contributed by atoms with Gasteiger partial charge in [-0.2, -0.15) is 0 Å². The van der Waals surface area contributed by atoms with E-state index in [1.807, 2.05) is 24.3 Å². The molecule has 2 rings (SSSR count). The SMILES string of the molecule is CCN(CCO)c1nccc2cc(OC)ccc12. The van der Waals surface area contributed by atoms with Crippen molar-refractivity contribution in [3.8, 4) is 5.75 Å². The van der Waals surface area contributed by atoms with Crippen LogP contribution in [0.15, 0.2) is 30.5 Å². The van der Waals surface area contributed by atoms with Crippen LogP contribution in [0.4, 0.5) is 5.82 Å². The van der Waals surface area contributed by atoms with E-state index in [-0.39, 0.29) is 6.61 Å². The van der Waals surface area contributed by atoms with Gasteiger partial charge in [-0.15, -0.1) is 0 Å². The molecule has 0 unspecified atom stereocenters. The van der Waals surface area contributed by atoms with Crippen LogP contribution in [0.25, 0.3) is 10.8 Å². The van der Waals surface area contributed by atoms with Crippen LogP contribution in [0, 0.1) is 0 Å². The van der Waals surface area contributed by atoms with Crippen LogP contribution in [0.2, 0.25) is 0 Å². The summed E-state index contributed by atoms with van der Waals surface area (Å²) in [6, 6.07) is 7.90. The lowest BCUT2D eigenvalue weighted by Crippen LogP contribution is -2.27. The largest absolute Gasteiger partial charge is 0.497 e. The third-order valence-electron chi connectivity index (χ3n) is 3.00. The standard InChI is InChI=1S/C14H18N2O2/c1-3-16(8-9-17)14-13-5-4-12(18-2)10-11(13)6-7-15-14/h4-7,10,17H,3,8-9H2,1-2H3. The van der Waals surface area contributed by atoms with Gasteiger partial charge < -0.3 is 14.7 Å². The second-order valence-electron chi connectivity index (χ2n) is 4.02. The number of nitrogens with zero attached hydrogens (tertiary/aromatic N) is 2. The van der Waals surface area contributed by atoms with E-state index in [1.165, 1.54) is 0 Å². The molecular formula is C14H18N2O2. The van der Waals surface area contributed by atoms with Gasteiger partial charge in [0, 0.05) is 24.7 Å². The molecule has 1 aromatic carbocycles. The molecule has 0 radical (unpaired) electrons. The highest BCUT2D eigenvalue weighted by Crippen LogP contribution is 2.27. The molecule has 0 atom stereocenters. The van der Waals surface area contributed by atoms with E-state index in [2.05, 4.69) is 16.8 Å². The molecule has 0 saturated heterocycles. The van der Waals surface area contributed by atoms with Crippen molar-refractivity contribution in [2.75, 3.05) is 31.7 Å². The molecule has 0 saturated carbocycles. The van der Waals surface area contributed by atoms with Gasteiger partial charge in [0.2, 0.25) is 0 Å². The van der Waals surface area contributed by atoms with Crippen molar-refractivity contribution in [3.05, 3.63) is 30.5 Å². The minimum atomic E-state index is 0.127. The van der Waals surface area contributed by atoms with Crippen molar-refractivity contribution in [2.24, 2.45) is 0 Å². The minimum absolute atomic E-state index is 0.127. The van der Waals surface area contributed by atoms with Crippen LogP contribution in [0.5, 0.6) is 5.75 Å². The van der Waals surface area contributed by atoms with Crippen LogP contribution in [-0.4, -0.2) is 36.9 Å². The van der Waals surface area contributed by atoms with Crippen LogP contribution in [0.1, 0.15) is 6.92 Å². The summed E-state index contributed by atoms with van der Waals surface area (Å²) in [4.78, 5) is 6.49. The van der Waals surface area contributed by atoms with Gasteiger partial charge in [0.25, 0.3) is 0 Å². The number of aliphatic hydroxyl groups is 1. The summed E-state index contributed by atoms with van der Waals surface area (Å²) in [5.74, 6) is 1.75. The summed E-state index contributed by atoms with van der Waals surface area (Å²) in [6.45, 7) is 3.59. The molecule has 0 aliphatic carbocycles. The summed E-state index contributed by atoms with van der Waals surface area (Å²) in [5, 5.41) is 11.3. The summed E-state index contributed by atoms with van der Waals surface area (Å²) in [7, 11) is 1.66. The van der Waals surface area contributed by atoms with Crippen LogP contribution >= 0.6 is 0 Å². The highest BCUT2D eigenvalue weighted by molar-refractivity contribution is 5.93. The number of benzene rings is 1. The zero-order valence-corrected chi connectivity index (χ0v) is 10.8. The zero-order chi connectivity index (χ0) is 13.0. The maximum atomic E-state index is 9.09. The molecule has 4 heteroatoms. The van der Waals surface area contributed by atoms with Crippen LogP contribution in [-0.2, 0) is 0 Å². The fraction of sp³-hybridized carbons (Fsp3) is 0.357. The lowest BCUT2D eigenvalue weighted by Gasteiger charge is -2.22. The molecule has 0 bridgehead atoms. The topological polar surface area (TPSA) is 45.6 Å². The smallest absolute Gasteiger partial charge is 0.136 e. The number of fused-ring (bicyclic) bond motifs is 1. The molecule has 2 aromatic rings. The first-order chi connectivity index (χ1) is 8.80. The van der Waals surface area contributed by atoms with Crippen LogP contribution < -0.4 is 9.64 Å². The van der Waals surface area contributed by atoms with E-state index in [0.717, 1.165) is 28.9 Å². The Bertz CT molecular complexity index is 528. The average Bonchev–Trinajstić information content (AvgIpc) is 2.43. The third kappa shape index (κ3) is 2.38. The fourth-order valence-corrected chi connectivity index (χ4v) is 2.05. The minimum Gasteiger partial charge on any atom is -0.497 e.